The van der Waals surface area contributed by atoms with Crippen molar-refractivity contribution in [2.24, 2.45) is 11.8 Å². The summed E-state index contributed by atoms with van der Waals surface area (Å²) in [5.41, 5.74) is 1.39. The second-order valence-corrected chi connectivity index (χ2v) is 8.31. The first kappa shape index (κ1) is 19.4. The smallest absolute Gasteiger partial charge is 0.223 e. The van der Waals surface area contributed by atoms with E-state index >= 15 is 0 Å². The number of amides is 1. The second-order valence-electron chi connectivity index (χ2n) is 8.31. The molecule has 0 aromatic heterocycles. The average Bonchev–Trinajstić information content (AvgIpc) is 3.18. The molecule has 2 aliphatic rings. The van der Waals surface area contributed by atoms with E-state index in [9.17, 15) is 4.79 Å². The van der Waals surface area contributed by atoms with Gasteiger partial charge in [-0.15, -0.1) is 0 Å². The Morgan fingerprint density at radius 3 is 2.31 bits per heavy atom. The predicted octanol–water partition coefficient (Wildman–Crippen LogP) is 3.14. The maximum absolute atomic E-state index is 12.5. The van der Waals surface area contributed by atoms with Crippen LogP contribution in [0.15, 0.2) is 30.3 Å². The van der Waals surface area contributed by atoms with Gasteiger partial charge in [0.25, 0.3) is 0 Å². The highest BCUT2D eigenvalue weighted by molar-refractivity contribution is 5.78. The van der Waals surface area contributed by atoms with Crippen LogP contribution in [0.3, 0.4) is 0 Å². The number of rotatable bonds is 7. The molecule has 1 aliphatic carbocycles. The SMILES string of the molecule is CC(C(=O)N[C@@H](C)CN1CCN(Cc2ccccc2)CC1)C1CCCC1. The monoisotopic (exact) mass is 357 g/mol. The highest BCUT2D eigenvalue weighted by Crippen LogP contribution is 2.31. The van der Waals surface area contributed by atoms with Gasteiger partial charge in [0.2, 0.25) is 5.91 Å². The predicted molar refractivity (Wildman–Crippen MR) is 107 cm³/mol. The Labute approximate surface area is 158 Å². The fourth-order valence-electron chi connectivity index (χ4n) is 4.45. The first-order chi connectivity index (χ1) is 12.6. The normalized spacial score (nSPS) is 22.2. The molecule has 1 aliphatic heterocycles. The van der Waals surface area contributed by atoms with Crippen molar-refractivity contribution in [2.75, 3.05) is 32.7 Å². The minimum Gasteiger partial charge on any atom is -0.352 e. The minimum atomic E-state index is 0.169. The zero-order valence-corrected chi connectivity index (χ0v) is 16.5. The van der Waals surface area contributed by atoms with Crippen LogP contribution in [0, 0.1) is 11.8 Å². The van der Waals surface area contributed by atoms with Gasteiger partial charge in [-0.05, 0) is 31.2 Å². The third-order valence-corrected chi connectivity index (χ3v) is 6.16. The molecule has 1 aromatic carbocycles. The maximum atomic E-state index is 12.5. The lowest BCUT2D eigenvalue weighted by molar-refractivity contribution is -0.126. The lowest BCUT2D eigenvalue weighted by Crippen LogP contribution is -2.51. The average molecular weight is 358 g/mol. The highest BCUT2D eigenvalue weighted by Gasteiger charge is 2.28. The zero-order valence-electron chi connectivity index (χ0n) is 16.5. The summed E-state index contributed by atoms with van der Waals surface area (Å²) in [7, 11) is 0. The van der Waals surface area contributed by atoms with Crippen molar-refractivity contribution in [3.8, 4) is 0 Å². The standard InChI is InChI=1S/C22H35N3O/c1-18(23-22(26)19(2)21-10-6-7-11-21)16-24-12-14-25(15-13-24)17-20-8-4-3-5-9-20/h3-5,8-9,18-19,21H,6-7,10-17H2,1-2H3,(H,23,26)/t18-,19?/m0/s1. The summed E-state index contributed by atoms with van der Waals surface area (Å²) < 4.78 is 0. The third-order valence-electron chi connectivity index (χ3n) is 6.16. The largest absolute Gasteiger partial charge is 0.352 e. The summed E-state index contributed by atoms with van der Waals surface area (Å²) in [5.74, 6) is 1.03. The van der Waals surface area contributed by atoms with Crippen molar-refractivity contribution in [3.63, 3.8) is 0 Å². The third kappa shape index (κ3) is 5.55. The summed E-state index contributed by atoms with van der Waals surface area (Å²) in [5, 5.41) is 3.26. The molecule has 2 fully saturated rings. The summed E-state index contributed by atoms with van der Waals surface area (Å²) in [6, 6.07) is 10.9. The molecular formula is C22H35N3O. The van der Waals surface area contributed by atoms with Gasteiger partial charge in [-0.2, -0.15) is 0 Å². The quantitative estimate of drug-likeness (QED) is 0.814. The van der Waals surface area contributed by atoms with Gasteiger partial charge >= 0.3 is 0 Å². The van der Waals surface area contributed by atoms with Gasteiger partial charge in [-0.25, -0.2) is 0 Å². The number of nitrogens with one attached hydrogen (secondary N) is 1. The molecular weight excluding hydrogens is 322 g/mol. The molecule has 1 unspecified atom stereocenters. The van der Waals surface area contributed by atoms with Crippen molar-refractivity contribution in [1.82, 2.24) is 15.1 Å². The van der Waals surface area contributed by atoms with E-state index in [1.807, 2.05) is 0 Å². The Morgan fingerprint density at radius 1 is 1.04 bits per heavy atom. The van der Waals surface area contributed by atoms with Gasteiger partial charge in [0.05, 0.1) is 0 Å². The molecule has 1 heterocycles. The summed E-state index contributed by atoms with van der Waals surface area (Å²) in [6.45, 7) is 10.6. The molecule has 26 heavy (non-hydrogen) atoms. The maximum Gasteiger partial charge on any atom is 0.223 e. The molecule has 0 bridgehead atoms. The van der Waals surface area contributed by atoms with E-state index in [1.165, 1.54) is 31.2 Å². The van der Waals surface area contributed by atoms with E-state index in [-0.39, 0.29) is 17.9 Å². The first-order valence-electron chi connectivity index (χ1n) is 10.4. The van der Waals surface area contributed by atoms with Gasteiger partial charge in [0, 0.05) is 51.2 Å². The van der Waals surface area contributed by atoms with E-state index < -0.39 is 0 Å². The molecule has 4 nitrogen and oxygen atoms in total. The second kappa shape index (κ2) is 9.52. The number of nitrogens with zero attached hydrogens (tertiary/aromatic N) is 2. The van der Waals surface area contributed by atoms with Gasteiger partial charge in [-0.3, -0.25) is 14.6 Å². The van der Waals surface area contributed by atoms with Crippen molar-refractivity contribution in [1.29, 1.82) is 0 Å². The number of carbonyl (C=O) groups is 1. The minimum absolute atomic E-state index is 0.169. The van der Waals surface area contributed by atoms with Crippen LogP contribution in [0.25, 0.3) is 0 Å². The van der Waals surface area contributed by atoms with Crippen molar-refractivity contribution >= 4 is 5.91 Å². The van der Waals surface area contributed by atoms with E-state index in [0.29, 0.717) is 5.92 Å². The van der Waals surface area contributed by atoms with Crippen LogP contribution in [0.1, 0.15) is 45.1 Å². The van der Waals surface area contributed by atoms with Crippen LogP contribution in [0.5, 0.6) is 0 Å². The number of benzene rings is 1. The Hall–Kier alpha value is -1.39. The molecule has 0 spiro atoms. The van der Waals surface area contributed by atoms with Crippen molar-refractivity contribution < 1.29 is 4.79 Å². The summed E-state index contributed by atoms with van der Waals surface area (Å²) >= 11 is 0. The number of hydrogen-bond acceptors (Lipinski definition) is 3. The van der Waals surface area contributed by atoms with Crippen LogP contribution >= 0.6 is 0 Å². The molecule has 1 N–H and O–H groups in total. The number of carbonyl (C=O) groups excluding carboxylic acids is 1. The molecule has 3 rings (SSSR count). The van der Waals surface area contributed by atoms with Gasteiger partial charge in [0.15, 0.2) is 0 Å². The van der Waals surface area contributed by atoms with E-state index in [2.05, 4.69) is 59.3 Å². The Kier molecular flexibility index (Phi) is 7.09. The molecule has 1 aromatic rings. The van der Waals surface area contributed by atoms with Crippen molar-refractivity contribution in [2.45, 2.75) is 52.1 Å². The molecule has 4 heteroatoms. The number of hydrogen-bond donors (Lipinski definition) is 1. The molecule has 1 saturated carbocycles. The van der Waals surface area contributed by atoms with Gasteiger partial charge in [-0.1, -0.05) is 50.1 Å². The van der Waals surface area contributed by atoms with Crippen LogP contribution < -0.4 is 5.32 Å². The Bertz CT molecular complexity index is 548. The fraction of sp³-hybridized carbons (Fsp3) is 0.682. The Morgan fingerprint density at radius 2 is 1.65 bits per heavy atom. The van der Waals surface area contributed by atoms with Crippen LogP contribution in [-0.2, 0) is 11.3 Å². The Balaban J connectivity index is 1.36. The molecule has 0 radical (unpaired) electrons. The summed E-state index contributed by atoms with van der Waals surface area (Å²) in [6.07, 6.45) is 5.05. The first-order valence-corrected chi connectivity index (χ1v) is 10.4. The lowest BCUT2D eigenvalue weighted by Gasteiger charge is -2.36. The zero-order chi connectivity index (χ0) is 18.4. The van der Waals surface area contributed by atoms with Crippen LogP contribution in [0.4, 0.5) is 0 Å². The van der Waals surface area contributed by atoms with Crippen molar-refractivity contribution in [3.05, 3.63) is 35.9 Å². The molecule has 2 atom stereocenters. The van der Waals surface area contributed by atoms with Gasteiger partial charge < -0.3 is 5.32 Å². The molecule has 1 amide bonds. The van der Waals surface area contributed by atoms with E-state index in [1.54, 1.807) is 0 Å². The van der Waals surface area contributed by atoms with E-state index in [0.717, 1.165) is 39.3 Å². The highest BCUT2D eigenvalue weighted by atomic mass is 16.1. The fourth-order valence-corrected chi connectivity index (χ4v) is 4.45. The molecule has 1 saturated heterocycles. The molecule has 144 valence electrons. The van der Waals surface area contributed by atoms with Crippen LogP contribution in [-0.4, -0.2) is 54.5 Å². The number of piperazine rings is 1. The van der Waals surface area contributed by atoms with Gasteiger partial charge in [0.1, 0.15) is 0 Å². The summed E-state index contributed by atoms with van der Waals surface area (Å²) in [4.78, 5) is 17.5. The van der Waals surface area contributed by atoms with Crippen LogP contribution in [0.2, 0.25) is 0 Å². The van der Waals surface area contributed by atoms with E-state index in [4.69, 9.17) is 0 Å². The lowest BCUT2D eigenvalue weighted by atomic mass is 9.91. The topological polar surface area (TPSA) is 35.6 Å².